The van der Waals surface area contributed by atoms with E-state index in [9.17, 15) is 14.4 Å². The summed E-state index contributed by atoms with van der Waals surface area (Å²) < 4.78 is 0. The lowest BCUT2D eigenvalue weighted by molar-refractivity contribution is -0.138. The van der Waals surface area contributed by atoms with E-state index in [2.05, 4.69) is 10.3 Å². The average molecular weight is 358 g/mol. The Morgan fingerprint density at radius 1 is 1.12 bits per heavy atom. The third kappa shape index (κ3) is 4.80. The van der Waals surface area contributed by atoms with Crippen LogP contribution in [0.3, 0.4) is 0 Å². The molecule has 3 amide bonds. The van der Waals surface area contributed by atoms with Crippen LogP contribution in [-0.4, -0.2) is 58.7 Å². The van der Waals surface area contributed by atoms with E-state index in [0.717, 1.165) is 24.9 Å². The second-order valence-corrected chi connectivity index (χ2v) is 6.99. The van der Waals surface area contributed by atoms with Gasteiger partial charge in [-0.05, 0) is 37.0 Å². The zero-order valence-electron chi connectivity index (χ0n) is 15.0. The molecule has 140 valence electrons. The van der Waals surface area contributed by atoms with Crippen molar-refractivity contribution in [3.8, 4) is 0 Å². The maximum absolute atomic E-state index is 12.4. The lowest BCUT2D eigenvalue weighted by Crippen LogP contribution is -2.46. The predicted molar refractivity (Wildman–Crippen MR) is 95.8 cm³/mol. The molecule has 1 unspecified atom stereocenters. The van der Waals surface area contributed by atoms with Crippen LogP contribution in [0.5, 0.6) is 0 Å². The van der Waals surface area contributed by atoms with E-state index in [1.807, 2.05) is 17.0 Å². The van der Waals surface area contributed by atoms with Gasteiger partial charge in [0.15, 0.2) is 0 Å². The lowest BCUT2D eigenvalue weighted by atomic mass is 9.96. The summed E-state index contributed by atoms with van der Waals surface area (Å²) in [6.07, 6.45) is 6.76. The molecule has 3 heterocycles. The number of hydrogen-bond donors (Lipinski definition) is 1. The number of carbonyl (C=O) groups excluding carboxylic acids is 3. The summed E-state index contributed by atoms with van der Waals surface area (Å²) >= 11 is 0. The first-order valence-corrected chi connectivity index (χ1v) is 9.35. The first kappa shape index (κ1) is 18.4. The monoisotopic (exact) mass is 358 g/mol. The summed E-state index contributed by atoms with van der Waals surface area (Å²) in [6.45, 7) is 3.07. The molecule has 2 saturated heterocycles. The first-order chi connectivity index (χ1) is 12.6. The van der Waals surface area contributed by atoms with Gasteiger partial charge < -0.3 is 15.1 Å². The molecule has 2 aliphatic heterocycles. The molecule has 1 N–H and O–H groups in total. The first-order valence-electron chi connectivity index (χ1n) is 9.35. The van der Waals surface area contributed by atoms with Crippen molar-refractivity contribution in [1.29, 1.82) is 0 Å². The summed E-state index contributed by atoms with van der Waals surface area (Å²) in [4.78, 5) is 43.8. The number of rotatable bonds is 7. The van der Waals surface area contributed by atoms with Crippen LogP contribution in [0.2, 0.25) is 0 Å². The van der Waals surface area contributed by atoms with Gasteiger partial charge in [-0.2, -0.15) is 0 Å². The lowest BCUT2D eigenvalue weighted by Gasteiger charge is -2.32. The fourth-order valence-corrected chi connectivity index (χ4v) is 3.57. The molecule has 3 rings (SSSR count). The smallest absolute Gasteiger partial charge is 0.225 e. The summed E-state index contributed by atoms with van der Waals surface area (Å²) in [6, 6.07) is 3.74. The maximum Gasteiger partial charge on any atom is 0.225 e. The molecule has 7 nitrogen and oxygen atoms in total. The van der Waals surface area contributed by atoms with Gasteiger partial charge >= 0.3 is 0 Å². The van der Waals surface area contributed by atoms with Crippen molar-refractivity contribution in [2.75, 3.05) is 26.2 Å². The molecule has 0 aliphatic carbocycles. The predicted octanol–water partition coefficient (Wildman–Crippen LogP) is 0.949. The van der Waals surface area contributed by atoms with Gasteiger partial charge in [0.1, 0.15) is 0 Å². The Hall–Kier alpha value is -2.44. The van der Waals surface area contributed by atoms with Crippen LogP contribution in [0, 0.1) is 5.92 Å². The van der Waals surface area contributed by atoms with E-state index >= 15 is 0 Å². The van der Waals surface area contributed by atoms with Crippen molar-refractivity contribution >= 4 is 17.7 Å². The van der Waals surface area contributed by atoms with Gasteiger partial charge in [0.2, 0.25) is 17.7 Å². The molecule has 7 heteroatoms. The van der Waals surface area contributed by atoms with Crippen LogP contribution in [0.1, 0.15) is 37.7 Å². The van der Waals surface area contributed by atoms with E-state index in [1.54, 1.807) is 17.3 Å². The van der Waals surface area contributed by atoms with Crippen LogP contribution < -0.4 is 5.32 Å². The van der Waals surface area contributed by atoms with Crippen molar-refractivity contribution in [2.45, 2.75) is 38.6 Å². The Balaban J connectivity index is 1.43. The molecule has 26 heavy (non-hydrogen) atoms. The van der Waals surface area contributed by atoms with Crippen LogP contribution in [0.15, 0.2) is 24.5 Å². The molecule has 0 saturated carbocycles. The molecular formula is C19H26N4O3. The number of likely N-dealkylation sites (tertiary alicyclic amines) is 2. The Labute approximate surface area is 153 Å². The van der Waals surface area contributed by atoms with Crippen molar-refractivity contribution in [3.05, 3.63) is 30.1 Å². The molecule has 0 bridgehead atoms. The summed E-state index contributed by atoms with van der Waals surface area (Å²) in [5.41, 5.74) is 1.01. The minimum atomic E-state index is -0.164. The highest BCUT2D eigenvalue weighted by atomic mass is 16.2. The fraction of sp³-hybridized carbons (Fsp3) is 0.579. The van der Waals surface area contributed by atoms with Gasteiger partial charge in [-0.3, -0.25) is 19.4 Å². The number of carbonyl (C=O) groups is 3. The molecule has 0 aromatic carbocycles. The van der Waals surface area contributed by atoms with E-state index in [-0.39, 0.29) is 23.6 Å². The molecule has 2 fully saturated rings. The fourth-order valence-electron chi connectivity index (χ4n) is 3.57. The number of pyridine rings is 1. The number of nitrogens with zero attached hydrogens (tertiary/aromatic N) is 3. The SMILES string of the molecule is O=C(NCc1ccncc1)C1CCC(=O)N(CCCN2CCCC2=O)C1. The van der Waals surface area contributed by atoms with Gasteiger partial charge in [0.05, 0.1) is 5.92 Å². The Morgan fingerprint density at radius 3 is 2.58 bits per heavy atom. The van der Waals surface area contributed by atoms with Crippen LogP contribution in [-0.2, 0) is 20.9 Å². The third-order valence-electron chi connectivity index (χ3n) is 5.11. The highest BCUT2D eigenvalue weighted by Gasteiger charge is 2.30. The number of nitrogens with one attached hydrogen (secondary N) is 1. The number of piperidine rings is 1. The standard InChI is InChI=1S/C19H26N4O3/c24-17-3-1-10-22(17)11-2-12-23-14-16(4-5-18(23)25)19(26)21-13-15-6-8-20-9-7-15/h6-9,16H,1-5,10-14H2,(H,21,26). The summed E-state index contributed by atoms with van der Waals surface area (Å²) in [7, 11) is 0. The van der Waals surface area contributed by atoms with Crippen molar-refractivity contribution < 1.29 is 14.4 Å². The second kappa shape index (κ2) is 8.78. The minimum absolute atomic E-state index is 0.00553. The van der Waals surface area contributed by atoms with Gasteiger partial charge in [0, 0.05) is 58.0 Å². The Bertz CT molecular complexity index is 649. The number of amides is 3. The van der Waals surface area contributed by atoms with Crippen LogP contribution >= 0.6 is 0 Å². The Kier molecular flexibility index (Phi) is 6.20. The normalized spacial score (nSPS) is 20.5. The third-order valence-corrected chi connectivity index (χ3v) is 5.11. The average Bonchev–Trinajstić information content (AvgIpc) is 3.07. The van der Waals surface area contributed by atoms with Gasteiger partial charge in [-0.1, -0.05) is 0 Å². The summed E-state index contributed by atoms with van der Waals surface area (Å²) in [5, 5.41) is 2.95. The highest BCUT2D eigenvalue weighted by Crippen LogP contribution is 2.19. The Morgan fingerprint density at radius 2 is 1.85 bits per heavy atom. The largest absolute Gasteiger partial charge is 0.352 e. The van der Waals surface area contributed by atoms with Gasteiger partial charge in [-0.15, -0.1) is 0 Å². The molecule has 1 aromatic heterocycles. The minimum Gasteiger partial charge on any atom is -0.352 e. The molecular weight excluding hydrogens is 332 g/mol. The molecule has 1 aromatic rings. The number of aromatic nitrogens is 1. The van der Waals surface area contributed by atoms with E-state index in [1.165, 1.54) is 0 Å². The van der Waals surface area contributed by atoms with Crippen molar-refractivity contribution in [3.63, 3.8) is 0 Å². The van der Waals surface area contributed by atoms with Gasteiger partial charge in [0.25, 0.3) is 0 Å². The van der Waals surface area contributed by atoms with Crippen molar-refractivity contribution in [2.24, 2.45) is 5.92 Å². The zero-order chi connectivity index (χ0) is 18.4. The molecule has 2 aliphatic rings. The van der Waals surface area contributed by atoms with E-state index in [4.69, 9.17) is 0 Å². The van der Waals surface area contributed by atoms with Gasteiger partial charge in [-0.25, -0.2) is 0 Å². The quantitative estimate of drug-likeness (QED) is 0.787. The zero-order valence-corrected chi connectivity index (χ0v) is 15.0. The topological polar surface area (TPSA) is 82.6 Å². The highest BCUT2D eigenvalue weighted by molar-refractivity contribution is 5.83. The van der Waals surface area contributed by atoms with Crippen LogP contribution in [0.25, 0.3) is 0 Å². The van der Waals surface area contributed by atoms with E-state index < -0.39 is 0 Å². The van der Waals surface area contributed by atoms with Crippen molar-refractivity contribution in [1.82, 2.24) is 20.1 Å². The second-order valence-electron chi connectivity index (χ2n) is 6.99. The van der Waals surface area contributed by atoms with Crippen LogP contribution in [0.4, 0.5) is 0 Å². The number of hydrogen-bond acceptors (Lipinski definition) is 4. The maximum atomic E-state index is 12.4. The molecule has 0 radical (unpaired) electrons. The summed E-state index contributed by atoms with van der Waals surface area (Å²) in [5.74, 6) is 0.149. The molecule has 0 spiro atoms. The molecule has 1 atom stereocenters. The van der Waals surface area contributed by atoms with E-state index in [0.29, 0.717) is 45.4 Å².